The second-order valence-electron chi connectivity index (χ2n) is 8.85. The molecule has 3 aromatic heterocycles. The molecule has 1 saturated heterocycles. The number of hydrogen-bond donors (Lipinski definition) is 1. The number of anilines is 1. The van der Waals surface area contributed by atoms with E-state index in [0.717, 1.165) is 39.4 Å². The van der Waals surface area contributed by atoms with Crippen LogP contribution < -0.4 is 10.1 Å². The van der Waals surface area contributed by atoms with E-state index < -0.39 is 10.0 Å². The minimum absolute atomic E-state index is 0.0421. The second-order valence-corrected chi connectivity index (χ2v) is 12.1. The van der Waals surface area contributed by atoms with E-state index in [9.17, 15) is 8.42 Å². The van der Waals surface area contributed by atoms with Crippen LogP contribution >= 0.6 is 11.3 Å². The average molecular weight is 543 g/mol. The summed E-state index contributed by atoms with van der Waals surface area (Å²) >= 11 is 1.54. The number of sulfonamides is 1. The molecule has 12 heteroatoms. The number of nitrogens with zero attached hydrogens (tertiary/aromatic N) is 5. The predicted molar refractivity (Wildman–Crippen MR) is 145 cm³/mol. The van der Waals surface area contributed by atoms with Crippen LogP contribution in [0.3, 0.4) is 0 Å². The molecule has 0 saturated carbocycles. The lowest BCUT2D eigenvalue weighted by Gasteiger charge is -2.31. The normalized spacial score (nSPS) is 16.8. The zero-order valence-electron chi connectivity index (χ0n) is 20.8. The van der Waals surface area contributed by atoms with Crippen molar-refractivity contribution in [2.24, 2.45) is 0 Å². The first-order chi connectivity index (χ1) is 17.9. The highest BCUT2D eigenvalue weighted by molar-refractivity contribution is 7.89. The van der Waals surface area contributed by atoms with Gasteiger partial charge in [0.1, 0.15) is 11.5 Å². The number of hydrogen-bond acceptors (Lipinski definition) is 9. The van der Waals surface area contributed by atoms with Crippen LogP contribution in [0, 0.1) is 0 Å². The van der Waals surface area contributed by atoms with Gasteiger partial charge in [-0.15, -0.1) is 0 Å². The Kier molecular flexibility index (Phi) is 7.70. The molecule has 1 atom stereocenters. The van der Waals surface area contributed by atoms with Crippen LogP contribution in [0.1, 0.15) is 19.8 Å². The van der Waals surface area contributed by atoms with Gasteiger partial charge in [-0.3, -0.25) is 9.67 Å². The largest absolute Gasteiger partial charge is 0.457 e. The summed E-state index contributed by atoms with van der Waals surface area (Å²) in [6.07, 6.45) is 7.18. The van der Waals surface area contributed by atoms with Gasteiger partial charge in [-0.2, -0.15) is 9.40 Å². The Labute approximate surface area is 220 Å². The van der Waals surface area contributed by atoms with Crippen LogP contribution in [0.5, 0.6) is 11.5 Å². The van der Waals surface area contributed by atoms with Crippen molar-refractivity contribution in [3.63, 3.8) is 0 Å². The lowest BCUT2D eigenvalue weighted by Crippen LogP contribution is -2.45. The summed E-state index contributed by atoms with van der Waals surface area (Å²) in [5, 5.41) is 8.58. The molecule has 1 aliphatic rings. The van der Waals surface area contributed by atoms with Crippen molar-refractivity contribution in [3.8, 4) is 22.8 Å². The van der Waals surface area contributed by atoms with Crippen LogP contribution in [-0.4, -0.2) is 71.1 Å². The second kappa shape index (κ2) is 11.1. The third-order valence-electron chi connectivity index (χ3n) is 6.25. The number of fused-ring (bicyclic) bond motifs is 1. The maximum atomic E-state index is 12.3. The Bertz CT molecular complexity index is 1470. The lowest BCUT2D eigenvalue weighted by atomic mass is 10.1. The van der Waals surface area contributed by atoms with Crippen molar-refractivity contribution in [2.45, 2.75) is 32.4 Å². The summed E-state index contributed by atoms with van der Waals surface area (Å²) in [6.45, 7) is 4.01. The average Bonchev–Trinajstić information content (AvgIpc) is 3.54. The van der Waals surface area contributed by atoms with Crippen LogP contribution in [0.4, 0.5) is 5.13 Å². The third kappa shape index (κ3) is 6.09. The first-order valence-corrected chi connectivity index (χ1v) is 14.7. The molecular weight excluding hydrogens is 512 g/mol. The summed E-state index contributed by atoms with van der Waals surface area (Å²) in [5.41, 5.74) is 2.55. The quantitative estimate of drug-likeness (QED) is 0.317. The first-order valence-electron chi connectivity index (χ1n) is 12.2. The fourth-order valence-electron chi connectivity index (χ4n) is 4.27. The summed E-state index contributed by atoms with van der Waals surface area (Å²) < 4.78 is 40.2. The Balaban J connectivity index is 1.27. The van der Waals surface area contributed by atoms with E-state index in [-0.39, 0.29) is 11.8 Å². The zero-order valence-corrected chi connectivity index (χ0v) is 22.5. The van der Waals surface area contributed by atoms with E-state index in [1.807, 2.05) is 41.2 Å². The standard InChI is InChI=1S/C25H30N6O4S2/c1-3-37(32,33)31-10-4-5-19(17-31)28-25-29-22-7-6-20(14-24(22)36-25)35-21-8-9-26-23(13-21)18-15-27-30(16-18)11-12-34-2/h6-9,13-16,19H,3-5,10-12,17H2,1-2H3,(H,28,29)/t19-/m0/s1. The number of aromatic nitrogens is 4. The van der Waals surface area contributed by atoms with Gasteiger partial charge in [0.15, 0.2) is 5.13 Å². The SMILES string of the molecule is CCS(=O)(=O)N1CCC[C@H](Nc2nc3ccc(Oc4ccnc(-c5cnn(CCOC)c5)c4)cc3s2)C1. The van der Waals surface area contributed by atoms with Crippen molar-refractivity contribution in [1.29, 1.82) is 0 Å². The topological polar surface area (TPSA) is 111 Å². The summed E-state index contributed by atoms with van der Waals surface area (Å²) in [4.78, 5) is 9.15. The number of pyridine rings is 1. The monoisotopic (exact) mass is 542 g/mol. The van der Waals surface area contributed by atoms with Crippen LogP contribution in [0.2, 0.25) is 0 Å². The first kappa shape index (κ1) is 25.6. The highest BCUT2D eigenvalue weighted by atomic mass is 32.2. The van der Waals surface area contributed by atoms with Crippen LogP contribution in [-0.2, 0) is 21.3 Å². The minimum atomic E-state index is -3.18. The summed E-state index contributed by atoms with van der Waals surface area (Å²) in [7, 11) is -1.52. The Morgan fingerprint density at radius 1 is 1.22 bits per heavy atom. The smallest absolute Gasteiger partial charge is 0.213 e. The van der Waals surface area contributed by atoms with Gasteiger partial charge in [0.05, 0.1) is 41.0 Å². The van der Waals surface area contributed by atoms with Crippen molar-refractivity contribution in [3.05, 3.63) is 48.9 Å². The molecule has 1 fully saturated rings. The molecule has 5 rings (SSSR count). The van der Waals surface area contributed by atoms with Crippen molar-refractivity contribution in [1.82, 2.24) is 24.1 Å². The van der Waals surface area contributed by atoms with Crippen LogP contribution in [0.15, 0.2) is 48.9 Å². The highest BCUT2D eigenvalue weighted by Crippen LogP contribution is 2.33. The zero-order chi connectivity index (χ0) is 25.8. The number of thiazole rings is 1. The van der Waals surface area contributed by atoms with Crippen molar-refractivity contribution >= 4 is 36.7 Å². The van der Waals surface area contributed by atoms with Crippen LogP contribution in [0.25, 0.3) is 21.5 Å². The molecule has 1 aliphatic heterocycles. The third-order valence-corrected chi connectivity index (χ3v) is 9.05. The van der Waals surface area contributed by atoms with Crippen molar-refractivity contribution < 1.29 is 17.9 Å². The molecule has 1 N–H and O–H groups in total. The van der Waals surface area contributed by atoms with Gasteiger partial charge in [-0.1, -0.05) is 11.3 Å². The maximum absolute atomic E-state index is 12.3. The predicted octanol–water partition coefficient (Wildman–Crippen LogP) is 4.22. The molecule has 0 radical (unpaired) electrons. The Morgan fingerprint density at radius 2 is 2.08 bits per heavy atom. The molecule has 0 amide bonds. The van der Waals surface area contributed by atoms with Gasteiger partial charge in [0.25, 0.3) is 0 Å². The van der Waals surface area contributed by atoms with Gasteiger partial charge in [0, 0.05) is 56.3 Å². The van der Waals surface area contributed by atoms with Crippen molar-refractivity contribution in [2.75, 3.05) is 37.9 Å². The van der Waals surface area contributed by atoms with E-state index >= 15 is 0 Å². The van der Waals surface area contributed by atoms with Gasteiger partial charge >= 0.3 is 0 Å². The fraction of sp³-hybridized carbons (Fsp3) is 0.400. The molecule has 10 nitrogen and oxygen atoms in total. The van der Waals surface area contributed by atoms with E-state index in [2.05, 4.69) is 15.4 Å². The van der Waals surface area contributed by atoms with E-state index in [4.69, 9.17) is 14.5 Å². The molecular formula is C25H30N6O4S2. The maximum Gasteiger partial charge on any atom is 0.213 e. The fourth-order valence-corrected chi connectivity index (χ4v) is 6.42. The molecule has 196 valence electrons. The molecule has 0 aliphatic carbocycles. The summed E-state index contributed by atoms with van der Waals surface area (Å²) in [5.74, 6) is 1.51. The Morgan fingerprint density at radius 3 is 2.92 bits per heavy atom. The molecule has 4 heterocycles. The van der Waals surface area contributed by atoms with Gasteiger partial charge < -0.3 is 14.8 Å². The highest BCUT2D eigenvalue weighted by Gasteiger charge is 2.28. The number of methoxy groups -OCH3 is 1. The molecule has 4 aromatic rings. The summed E-state index contributed by atoms with van der Waals surface area (Å²) in [6, 6.07) is 9.55. The molecule has 0 bridgehead atoms. The van der Waals surface area contributed by atoms with E-state index in [1.165, 1.54) is 11.3 Å². The molecule has 1 aromatic carbocycles. The number of nitrogens with one attached hydrogen (secondary N) is 1. The molecule has 0 unspecified atom stereocenters. The minimum Gasteiger partial charge on any atom is -0.457 e. The molecule has 37 heavy (non-hydrogen) atoms. The number of rotatable bonds is 10. The van der Waals surface area contributed by atoms with Gasteiger partial charge in [-0.05, 0) is 38.0 Å². The Hall–Kier alpha value is -3.06. The van der Waals surface area contributed by atoms with E-state index in [1.54, 1.807) is 30.7 Å². The molecule has 0 spiro atoms. The lowest BCUT2D eigenvalue weighted by molar-refractivity contribution is 0.183. The van der Waals surface area contributed by atoms with Gasteiger partial charge in [-0.25, -0.2) is 13.4 Å². The number of benzene rings is 1. The number of ether oxygens (including phenoxy) is 2. The number of piperidine rings is 1. The van der Waals surface area contributed by atoms with E-state index in [0.29, 0.717) is 37.7 Å². The van der Waals surface area contributed by atoms with Gasteiger partial charge in [0.2, 0.25) is 10.0 Å².